The summed E-state index contributed by atoms with van der Waals surface area (Å²) >= 11 is 6.69. The Bertz CT molecular complexity index is 1280. The van der Waals surface area contributed by atoms with Gasteiger partial charge >= 0.3 is 5.97 Å². The second-order valence-electron chi connectivity index (χ2n) is 7.32. The molecule has 0 aliphatic rings. The summed E-state index contributed by atoms with van der Waals surface area (Å²) in [5, 5.41) is 9.68. The van der Waals surface area contributed by atoms with Crippen molar-refractivity contribution in [2.45, 2.75) is 27.2 Å². The van der Waals surface area contributed by atoms with Gasteiger partial charge in [0.1, 0.15) is 17.6 Å². The van der Waals surface area contributed by atoms with Gasteiger partial charge in [0.05, 0.1) is 34.4 Å². The minimum Gasteiger partial charge on any atom is -0.462 e. The molecule has 4 rings (SSSR count). The van der Waals surface area contributed by atoms with Gasteiger partial charge in [-0.15, -0.1) is 0 Å². The van der Waals surface area contributed by atoms with Crippen LogP contribution in [0.3, 0.4) is 0 Å². The van der Waals surface area contributed by atoms with Gasteiger partial charge in [0.2, 0.25) is 0 Å². The highest BCUT2D eigenvalue weighted by atomic mass is 35.5. The average molecular weight is 451 g/mol. The number of rotatable bonds is 6. The van der Waals surface area contributed by atoms with E-state index in [1.54, 1.807) is 23.2 Å². The third-order valence-electron chi connectivity index (χ3n) is 5.19. The lowest BCUT2D eigenvalue weighted by Gasteiger charge is -2.07. The summed E-state index contributed by atoms with van der Waals surface area (Å²) in [4.78, 5) is 21.1. The van der Waals surface area contributed by atoms with Crippen molar-refractivity contribution in [1.82, 2.24) is 29.5 Å². The summed E-state index contributed by atoms with van der Waals surface area (Å²) in [6.07, 6.45) is 1.95. The molecule has 8 nitrogen and oxygen atoms in total. The minimum atomic E-state index is -0.391. The Morgan fingerprint density at radius 2 is 1.88 bits per heavy atom. The Morgan fingerprint density at radius 3 is 2.59 bits per heavy atom. The van der Waals surface area contributed by atoms with E-state index in [0.717, 1.165) is 22.6 Å². The Balaban J connectivity index is 1.67. The molecular formula is C23H23ClN6O2. The third-order valence-corrected chi connectivity index (χ3v) is 5.59. The van der Waals surface area contributed by atoms with Crippen LogP contribution in [-0.2, 0) is 18.2 Å². The van der Waals surface area contributed by atoms with Crippen molar-refractivity contribution in [3.8, 4) is 17.1 Å². The van der Waals surface area contributed by atoms with E-state index in [2.05, 4.69) is 20.2 Å². The fourth-order valence-corrected chi connectivity index (χ4v) is 3.98. The molecule has 0 aliphatic carbocycles. The van der Waals surface area contributed by atoms with E-state index in [1.807, 2.05) is 50.4 Å². The second-order valence-corrected chi connectivity index (χ2v) is 7.70. The minimum absolute atomic E-state index is 0.303. The van der Waals surface area contributed by atoms with Crippen LogP contribution in [0, 0.1) is 13.8 Å². The van der Waals surface area contributed by atoms with Crippen LogP contribution in [0.4, 0.5) is 0 Å². The van der Waals surface area contributed by atoms with Crippen LogP contribution in [-0.4, -0.2) is 42.1 Å². The summed E-state index contributed by atoms with van der Waals surface area (Å²) in [5.74, 6) is 0.172. The van der Waals surface area contributed by atoms with Gasteiger partial charge in [0.25, 0.3) is 0 Å². The average Bonchev–Trinajstić information content (AvgIpc) is 3.24. The highest BCUT2D eigenvalue weighted by molar-refractivity contribution is 6.33. The fraction of sp³-hybridized carbons (Fsp3) is 0.261. The molecule has 0 aliphatic heterocycles. The number of nitrogens with zero attached hydrogens (tertiary/aromatic N) is 6. The van der Waals surface area contributed by atoms with Crippen molar-refractivity contribution in [2.24, 2.45) is 7.05 Å². The molecule has 0 spiro atoms. The number of aromatic nitrogens is 6. The Morgan fingerprint density at radius 1 is 1.12 bits per heavy atom. The van der Waals surface area contributed by atoms with E-state index >= 15 is 0 Å². The van der Waals surface area contributed by atoms with Gasteiger partial charge in [0, 0.05) is 25.1 Å². The Labute approximate surface area is 190 Å². The molecule has 1 aromatic carbocycles. The van der Waals surface area contributed by atoms with Crippen molar-refractivity contribution in [3.63, 3.8) is 0 Å². The molecule has 0 amide bonds. The second kappa shape index (κ2) is 8.92. The van der Waals surface area contributed by atoms with E-state index in [-0.39, 0.29) is 0 Å². The summed E-state index contributed by atoms with van der Waals surface area (Å²) < 4.78 is 8.56. The molecule has 0 fully saturated rings. The predicted octanol–water partition coefficient (Wildman–Crippen LogP) is 4.10. The van der Waals surface area contributed by atoms with Gasteiger partial charge in [0.15, 0.2) is 5.82 Å². The molecule has 32 heavy (non-hydrogen) atoms. The lowest BCUT2D eigenvalue weighted by atomic mass is 10.1. The quantitative estimate of drug-likeness (QED) is 0.411. The zero-order chi connectivity index (χ0) is 22.8. The smallest absolute Gasteiger partial charge is 0.341 e. The molecule has 4 aromatic rings. The number of hydrogen-bond donors (Lipinski definition) is 0. The van der Waals surface area contributed by atoms with Gasteiger partial charge < -0.3 is 4.74 Å². The number of carbonyl (C=O) groups is 1. The van der Waals surface area contributed by atoms with Crippen LogP contribution in [0.15, 0.2) is 42.7 Å². The van der Waals surface area contributed by atoms with Crippen LogP contribution < -0.4 is 0 Å². The lowest BCUT2D eigenvalue weighted by molar-refractivity contribution is 0.0524. The topological polar surface area (TPSA) is 87.7 Å². The number of hydrogen-bond acceptors (Lipinski definition) is 6. The Hall–Kier alpha value is -3.52. The number of ether oxygens (including phenoxy) is 1. The molecule has 0 bridgehead atoms. The van der Waals surface area contributed by atoms with Crippen molar-refractivity contribution < 1.29 is 9.53 Å². The number of carbonyl (C=O) groups excluding carboxylic acids is 1. The van der Waals surface area contributed by atoms with E-state index in [4.69, 9.17) is 16.3 Å². The number of esters is 1. The SMILES string of the molecule is CCOC(=O)c1c(C)nn(-c2cc(Cc3c(Cl)c(-c4ccccc4)nn3C)ncn2)c1C. The first kappa shape index (κ1) is 21.7. The number of aryl methyl sites for hydroxylation is 2. The number of halogens is 1. The molecule has 0 radical (unpaired) electrons. The van der Waals surface area contributed by atoms with Crippen LogP contribution in [0.2, 0.25) is 5.02 Å². The molecule has 3 heterocycles. The van der Waals surface area contributed by atoms with Gasteiger partial charge in [-0.2, -0.15) is 10.2 Å². The van der Waals surface area contributed by atoms with Gasteiger partial charge in [-0.1, -0.05) is 41.9 Å². The van der Waals surface area contributed by atoms with Gasteiger partial charge in [-0.05, 0) is 20.8 Å². The first-order valence-electron chi connectivity index (χ1n) is 10.2. The molecule has 9 heteroatoms. The maximum atomic E-state index is 12.3. The largest absolute Gasteiger partial charge is 0.462 e. The zero-order valence-electron chi connectivity index (χ0n) is 18.3. The molecule has 3 aromatic heterocycles. The lowest BCUT2D eigenvalue weighted by Crippen LogP contribution is -2.09. The van der Waals surface area contributed by atoms with Crippen LogP contribution in [0.25, 0.3) is 17.1 Å². The van der Waals surface area contributed by atoms with Crippen molar-refractivity contribution >= 4 is 17.6 Å². The molecule has 0 atom stereocenters. The van der Waals surface area contributed by atoms with Crippen LogP contribution in [0.1, 0.15) is 40.1 Å². The maximum absolute atomic E-state index is 12.3. The summed E-state index contributed by atoms with van der Waals surface area (Å²) in [6.45, 7) is 5.67. The van der Waals surface area contributed by atoms with Gasteiger partial charge in [-0.3, -0.25) is 4.68 Å². The molecule has 0 N–H and O–H groups in total. The maximum Gasteiger partial charge on any atom is 0.341 e. The molecule has 0 unspecified atom stereocenters. The summed E-state index contributed by atoms with van der Waals surface area (Å²) in [7, 11) is 1.86. The first-order chi connectivity index (χ1) is 15.4. The van der Waals surface area contributed by atoms with E-state index in [0.29, 0.717) is 40.8 Å². The highest BCUT2D eigenvalue weighted by Crippen LogP contribution is 2.30. The monoisotopic (exact) mass is 450 g/mol. The van der Waals surface area contributed by atoms with Gasteiger partial charge in [-0.25, -0.2) is 19.4 Å². The molecule has 164 valence electrons. The standard InChI is InChI=1S/C23H23ClN6O2/c1-5-32-23(31)20-14(2)27-30(15(20)3)19-12-17(25-13-26-19)11-18-21(24)22(28-29(18)4)16-9-7-6-8-10-16/h6-10,12-13H,5,11H2,1-4H3. The normalized spacial score (nSPS) is 11.0. The van der Waals surface area contributed by atoms with E-state index in [9.17, 15) is 4.79 Å². The third kappa shape index (κ3) is 4.01. The molecule has 0 saturated carbocycles. The first-order valence-corrected chi connectivity index (χ1v) is 10.6. The summed E-state index contributed by atoms with van der Waals surface area (Å²) in [6, 6.07) is 11.6. The van der Waals surface area contributed by atoms with Crippen molar-refractivity contribution in [3.05, 3.63) is 76.1 Å². The highest BCUT2D eigenvalue weighted by Gasteiger charge is 2.22. The Kier molecular flexibility index (Phi) is 6.05. The summed E-state index contributed by atoms with van der Waals surface area (Å²) in [5.41, 5.74) is 4.99. The van der Waals surface area contributed by atoms with Crippen LogP contribution >= 0.6 is 11.6 Å². The zero-order valence-corrected chi connectivity index (χ0v) is 19.1. The molecular weight excluding hydrogens is 428 g/mol. The molecule has 0 saturated heterocycles. The van der Waals surface area contributed by atoms with E-state index < -0.39 is 5.97 Å². The predicted molar refractivity (Wildman–Crippen MR) is 121 cm³/mol. The number of benzene rings is 1. The fourth-order valence-electron chi connectivity index (χ4n) is 3.64. The van der Waals surface area contributed by atoms with E-state index in [1.165, 1.54) is 6.33 Å². The van der Waals surface area contributed by atoms with Crippen molar-refractivity contribution in [2.75, 3.05) is 6.61 Å². The van der Waals surface area contributed by atoms with Crippen LogP contribution in [0.5, 0.6) is 0 Å². The van der Waals surface area contributed by atoms with Crippen molar-refractivity contribution in [1.29, 1.82) is 0 Å².